The molecule has 4 unspecified atom stereocenters. The zero-order valence-corrected chi connectivity index (χ0v) is 25.0. The fourth-order valence-corrected chi connectivity index (χ4v) is 7.71. The number of likely N-dealkylation sites (N-methyl/N-ethyl adjacent to an activating group) is 1. The Morgan fingerprint density at radius 3 is 2.50 bits per heavy atom. The smallest absolute Gasteiger partial charge is 0.324 e. The Morgan fingerprint density at radius 1 is 1.05 bits per heavy atom. The highest BCUT2D eigenvalue weighted by molar-refractivity contribution is 7.82. The molecule has 2 bridgehead atoms. The quantitative estimate of drug-likeness (QED) is 0.323. The second kappa shape index (κ2) is 13.4. The first-order valence-electron chi connectivity index (χ1n) is 14.5. The predicted molar refractivity (Wildman–Crippen MR) is 160 cm³/mol. The molecule has 44 heavy (non-hydrogen) atoms. The summed E-state index contributed by atoms with van der Waals surface area (Å²) in [6.07, 6.45) is -2.01. The lowest BCUT2D eigenvalue weighted by Gasteiger charge is -2.42. The van der Waals surface area contributed by atoms with Crippen LogP contribution >= 0.6 is 0 Å². The number of halogens is 5. The lowest BCUT2D eigenvalue weighted by Crippen LogP contribution is -2.56. The molecule has 1 amide bonds. The average molecular weight is 635 g/mol. The van der Waals surface area contributed by atoms with E-state index in [1.807, 2.05) is 11.4 Å². The molecular formula is C32H35F5N4O2S. The summed E-state index contributed by atoms with van der Waals surface area (Å²) in [5, 5.41) is 2.70. The van der Waals surface area contributed by atoms with Crippen LogP contribution in [0.1, 0.15) is 47.4 Å². The van der Waals surface area contributed by atoms with E-state index in [-0.39, 0.29) is 29.3 Å². The van der Waals surface area contributed by atoms with Crippen LogP contribution in [-0.4, -0.2) is 63.3 Å². The van der Waals surface area contributed by atoms with Crippen molar-refractivity contribution in [3.63, 3.8) is 0 Å². The molecule has 0 spiro atoms. The van der Waals surface area contributed by atoms with E-state index in [0.717, 1.165) is 37.1 Å². The van der Waals surface area contributed by atoms with Crippen LogP contribution in [0.15, 0.2) is 66.7 Å². The number of rotatable bonds is 8. The zero-order valence-electron chi connectivity index (χ0n) is 24.2. The minimum atomic E-state index is -4.62. The number of carbonyl (C=O) groups excluding carboxylic acids is 1. The molecule has 0 aliphatic carbocycles. The lowest BCUT2D eigenvalue weighted by molar-refractivity contribution is -0.137. The number of amides is 1. The first kappa shape index (κ1) is 32.2. The van der Waals surface area contributed by atoms with Gasteiger partial charge in [0, 0.05) is 48.1 Å². The number of nitrogens with zero attached hydrogens (tertiary/aromatic N) is 2. The maximum absolute atomic E-state index is 15.2. The highest BCUT2D eigenvalue weighted by Crippen LogP contribution is 2.35. The van der Waals surface area contributed by atoms with Crippen molar-refractivity contribution < 1.29 is 31.0 Å². The molecule has 12 heteroatoms. The third kappa shape index (κ3) is 7.20. The summed E-state index contributed by atoms with van der Waals surface area (Å²) in [4.78, 5) is 15.8. The molecule has 6 atom stereocenters. The highest BCUT2D eigenvalue weighted by atomic mass is 32.2. The Balaban J connectivity index is 1.38. The van der Waals surface area contributed by atoms with Gasteiger partial charge in [-0.15, -0.1) is 0 Å². The van der Waals surface area contributed by atoms with Gasteiger partial charge in [0.05, 0.1) is 22.6 Å². The molecule has 0 aromatic heterocycles. The van der Waals surface area contributed by atoms with Crippen molar-refractivity contribution in [2.75, 3.05) is 31.2 Å². The molecule has 0 saturated carbocycles. The molecule has 5 rings (SSSR count). The Morgan fingerprint density at radius 2 is 1.77 bits per heavy atom. The second-order valence-electron chi connectivity index (χ2n) is 11.5. The Kier molecular flexibility index (Phi) is 9.83. The summed E-state index contributed by atoms with van der Waals surface area (Å²) in [7, 11) is 0.931. The number of anilines is 1. The maximum Gasteiger partial charge on any atom is 0.416 e. The summed E-state index contributed by atoms with van der Waals surface area (Å²) in [5.74, 6) is -2.27. The summed E-state index contributed by atoms with van der Waals surface area (Å²) in [6, 6.07) is 12.7. The van der Waals surface area contributed by atoms with E-state index in [1.54, 1.807) is 6.07 Å². The van der Waals surface area contributed by atoms with E-state index in [4.69, 9.17) is 5.73 Å². The zero-order chi connectivity index (χ0) is 31.6. The van der Waals surface area contributed by atoms with Crippen molar-refractivity contribution in [2.45, 2.75) is 55.9 Å². The van der Waals surface area contributed by atoms with Gasteiger partial charge in [-0.05, 0) is 74.2 Å². The molecule has 236 valence electrons. The number of nitrogens with two attached hydrogens (primary N) is 1. The van der Waals surface area contributed by atoms with E-state index in [1.165, 1.54) is 36.4 Å². The van der Waals surface area contributed by atoms with Crippen molar-refractivity contribution in [3.8, 4) is 0 Å². The van der Waals surface area contributed by atoms with Crippen molar-refractivity contribution in [1.82, 2.24) is 9.21 Å². The number of fused-ring (bicyclic) bond motifs is 2. The van der Waals surface area contributed by atoms with Crippen LogP contribution in [0.3, 0.4) is 0 Å². The standard InChI is InChI=1S/C32H35F5N4O2S/c1-40-18-25(41-19-24(40)7-4-16-44(41)43)14-15-26-27(34)8-3-9-28(26)39-31(42)30(38)29(20-10-12-23(33)13-11-20)21-5-2-6-22(17-21)32(35,36)37/h2-3,5-6,8-13,17,24-25,29-30H,4,7,14-16,18-19,38H2,1H3,(H,39,42)/t24?,25?,29-,30-,44?/m0/s1. The van der Waals surface area contributed by atoms with Gasteiger partial charge < -0.3 is 16.0 Å². The van der Waals surface area contributed by atoms with E-state index in [0.29, 0.717) is 36.9 Å². The van der Waals surface area contributed by atoms with Gasteiger partial charge in [-0.1, -0.05) is 36.4 Å². The van der Waals surface area contributed by atoms with Crippen LogP contribution in [0.25, 0.3) is 0 Å². The number of benzene rings is 3. The molecule has 2 fully saturated rings. The monoisotopic (exact) mass is 634 g/mol. The molecule has 2 saturated heterocycles. The summed E-state index contributed by atoms with van der Waals surface area (Å²) >= 11 is 0. The fraction of sp³-hybridized carbons (Fsp3) is 0.406. The normalized spacial score (nSPS) is 23.9. The van der Waals surface area contributed by atoms with Gasteiger partial charge in [0.2, 0.25) is 5.91 Å². The van der Waals surface area contributed by atoms with E-state index in [9.17, 15) is 26.6 Å². The van der Waals surface area contributed by atoms with Crippen molar-refractivity contribution >= 4 is 22.6 Å². The van der Waals surface area contributed by atoms with Gasteiger partial charge in [-0.3, -0.25) is 4.79 Å². The molecule has 2 heterocycles. The van der Waals surface area contributed by atoms with Crippen molar-refractivity contribution in [2.24, 2.45) is 5.73 Å². The van der Waals surface area contributed by atoms with E-state index < -0.39 is 52.2 Å². The Bertz CT molecular complexity index is 1500. The van der Waals surface area contributed by atoms with Crippen LogP contribution in [0.4, 0.5) is 27.6 Å². The average Bonchev–Trinajstić information content (AvgIpc) is 3.15. The van der Waals surface area contributed by atoms with Crippen LogP contribution in [0.5, 0.6) is 0 Å². The number of hydrogen-bond donors (Lipinski definition) is 2. The van der Waals surface area contributed by atoms with Crippen LogP contribution in [0, 0.1) is 11.6 Å². The van der Waals surface area contributed by atoms with Gasteiger partial charge >= 0.3 is 6.18 Å². The van der Waals surface area contributed by atoms with Gasteiger partial charge in [-0.2, -0.15) is 13.2 Å². The molecule has 2 aliphatic rings. The fourth-order valence-electron chi connectivity index (χ4n) is 6.22. The molecule has 0 radical (unpaired) electrons. The number of nitrogens with one attached hydrogen (secondary N) is 1. The van der Waals surface area contributed by atoms with E-state index >= 15 is 4.39 Å². The molecule has 3 aromatic carbocycles. The first-order valence-corrected chi connectivity index (χ1v) is 15.8. The Hall–Kier alpha value is -3.19. The van der Waals surface area contributed by atoms with E-state index in [2.05, 4.69) is 10.2 Å². The minimum absolute atomic E-state index is 0.0654. The van der Waals surface area contributed by atoms with Crippen LogP contribution < -0.4 is 11.1 Å². The van der Waals surface area contributed by atoms with Crippen molar-refractivity contribution in [3.05, 3.63) is 101 Å². The summed E-state index contributed by atoms with van der Waals surface area (Å²) in [6.45, 7) is 1.37. The minimum Gasteiger partial charge on any atom is -0.324 e. The largest absolute Gasteiger partial charge is 0.416 e. The summed E-state index contributed by atoms with van der Waals surface area (Å²) in [5.41, 5.74) is 6.44. The molecule has 3 aromatic rings. The predicted octanol–water partition coefficient (Wildman–Crippen LogP) is 5.46. The van der Waals surface area contributed by atoms with Gasteiger partial charge in [0.1, 0.15) is 11.6 Å². The molecule has 6 nitrogen and oxygen atoms in total. The van der Waals surface area contributed by atoms with Crippen molar-refractivity contribution in [1.29, 1.82) is 0 Å². The summed E-state index contributed by atoms with van der Waals surface area (Å²) < 4.78 is 84.4. The molecule has 2 aliphatic heterocycles. The number of alkyl halides is 3. The van der Waals surface area contributed by atoms with Gasteiger partial charge in [0.15, 0.2) is 0 Å². The second-order valence-corrected chi connectivity index (χ2v) is 13.0. The van der Waals surface area contributed by atoms with Gasteiger partial charge in [-0.25, -0.2) is 17.3 Å². The number of piperazine rings is 1. The SMILES string of the molecule is CN1CC(CCc2c(F)cccc2NC(=O)[C@@H](N)[C@@H](c2ccc(F)cc2)c2cccc(C(F)(F)F)c2)N2CC1CCCS2=O. The Labute approximate surface area is 256 Å². The maximum atomic E-state index is 15.2. The van der Waals surface area contributed by atoms with Crippen LogP contribution in [-0.2, 0) is 28.4 Å². The van der Waals surface area contributed by atoms with Crippen LogP contribution in [0.2, 0.25) is 0 Å². The molecular weight excluding hydrogens is 599 g/mol. The first-order chi connectivity index (χ1) is 20.9. The topological polar surface area (TPSA) is 78.7 Å². The third-order valence-electron chi connectivity index (χ3n) is 8.61. The molecule has 3 N–H and O–H groups in total. The number of carbonyl (C=O) groups is 1. The third-order valence-corrected chi connectivity index (χ3v) is 10.2. The highest BCUT2D eigenvalue weighted by Gasteiger charge is 2.37. The van der Waals surface area contributed by atoms with Gasteiger partial charge in [0.25, 0.3) is 0 Å². The number of hydrogen-bond acceptors (Lipinski definition) is 4. The lowest BCUT2D eigenvalue weighted by atomic mass is 9.84.